The standard InChI is InChI=1S/C24H35N7O.C5H11N.C2H6/c1-28-23-20(4-5-21(26-23)31-15-17-14-18(17)16-31)22(27-28)24(32)25-19-6-10-30(11-7-19)13-12-29-8-2-3-9-29;1-6-4-2-3-5-6;1-2/h4-5,17-19H,2-3,6-16H2,1H3,(H,25,32);2-5H2,1H3;1-2H3. The number of pyridine rings is 1. The number of nitrogens with zero attached hydrogens (tertiary/aromatic N) is 7. The van der Waals surface area contributed by atoms with Gasteiger partial charge >= 0.3 is 0 Å². The van der Waals surface area contributed by atoms with E-state index in [1.54, 1.807) is 4.68 Å². The maximum Gasteiger partial charge on any atom is 0.272 e. The molecule has 1 saturated carbocycles. The fraction of sp³-hybridized carbons (Fsp3) is 0.774. The summed E-state index contributed by atoms with van der Waals surface area (Å²) in [5.74, 6) is 2.68. The molecule has 40 heavy (non-hydrogen) atoms. The Hall–Kier alpha value is -2.23. The van der Waals surface area contributed by atoms with Crippen LogP contribution in [0, 0.1) is 11.8 Å². The number of fused-ring (bicyclic) bond motifs is 2. The van der Waals surface area contributed by atoms with Crippen molar-refractivity contribution in [2.24, 2.45) is 18.9 Å². The Bertz CT molecular complexity index is 1090. The lowest BCUT2D eigenvalue weighted by molar-refractivity contribution is 0.0904. The first-order valence-electron chi connectivity index (χ1n) is 16.1. The first kappa shape index (κ1) is 29.3. The molecule has 5 aliphatic rings. The van der Waals surface area contributed by atoms with E-state index in [0.29, 0.717) is 5.69 Å². The van der Waals surface area contributed by atoms with E-state index < -0.39 is 0 Å². The van der Waals surface area contributed by atoms with Gasteiger partial charge in [-0.25, -0.2) is 9.67 Å². The third kappa shape index (κ3) is 7.15. The minimum atomic E-state index is -0.0666. The Balaban J connectivity index is 0.000000354. The Morgan fingerprint density at radius 2 is 1.48 bits per heavy atom. The molecular weight excluding hydrogens is 500 g/mol. The van der Waals surface area contributed by atoms with Gasteiger partial charge < -0.3 is 24.9 Å². The van der Waals surface area contributed by atoms with Crippen LogP contribution in [0.2, 0.25) is 0 Å². The molecule has 6 heterocycles. The van der Waals surface area contributed by atoms with Crippen molar-refractivity contribution in [3.63, 3.8) is 0 Å². The Morgan fingerprint density at radius 3 is 2.08 bits per heavy atom. The monoisotopic (exact) mass is 552 g/mol. The van der Waals surface area contributed by atoms with Crippen LogP contribution in [0.1, 0.15) is 69.3 Å². The Morgan fingerprint density at radius 1 is 0.875 bits per heavy atom. The smallest absolute Gasteiger partial charge is 0.272 e. The number of anilines is 1. The van der Waals surface area contributed by atoms with E-state index in [2.05, 4.69) is 43.1 Å². The fourth-order valence-electron chi connectivity index (χ4n) is 6.77. The predicted octanol–water partition coefficient (Wildman–Crippen LogP) is 3.45. The van der Waals surface area contributed by atoms with Crippen molar-refractivity contribution < 1.29 is 4.79 Å². The lowest BCUT2D eigenvalue weighted by Gasteiger charge is -2.33. The van der Waals surface area contributed by atoms with Gasteiger partial charge in [0, 0.05) is 52.4 Å². The van der Waals surface area contributed by atoms with Crippen molar-refractivity contribution in [3.05, 3.63) is 17.8 Å². The Kier molecular flexibility index (Phi) is 9.97. The number of carbonyl (C=O) groups is 1. The molecule has 1 aliphatic carbocycles. The number of nitrogens with one attached hydrogen (secondary N) is 1. The van der Waals surface area contributed by atoms with Gasteiger partial charge in [-0.1, -0.05) is 13.8 Å². The van der Waals surface area contributed by atoms with E-state index in [1.165, 1.54) is 64.8 Å². The van der Waals surface area contributed by atoms with E-state index in [0.717, 1.165) is 74.3 Å². The number of carbonyl (C=O) groups excluding carboxylic acids is 1. The molecule has 0 aromatic carbocycles. The molecule has 7 rings (SSSR count). The van der Waals surface area contributed by atoms with Gasteiger partial charge in [-0.15, -0.1) is 0 Å². The van der Waals surface area contributed by atoms with Crippen molar-refractivity contribution in [3.8, 4) is 0 Å². The van der Waals surface area contributed by atoms with Crippen molar-refractivity contribution in [1.29, 1.82) is 0 Å². The van der Waals surface area contributed by atoms with Crippen molar-refractivity contribution in [1.82, 2.24) is 34.8 Å². The third-order valence-corrected chi connectivity index (χ3v) is 9.37. The summed E-state index contributed by atoms with van der Waals surface area (Å²) in [4.78, 5) is 27.8. The number of hydrogen-bond donors (Lipinski definition) is 1. The molecule has 9 nitrogen and oxygen atoms in total. The molecule has 4 saturated heterocycles. The largest absolute Gasteiger partial charge is 0.356 e. The first-order valence-corrected chi connectivity index (χ1v) is 16.1. The zero-order valence-corrected chi connectivity index (χ0v) is 25.4. The number of aryl methyl sites for hydroxylation is 1. The van der Waals surface area contributed by atoms with E-state index >= 15 is 0 Å². The predicted molar refractivity (Wildman–Crippen MR) is 163 cm³/mol. The number of aromatic nitrogens is 3. The minimum absolute atomic E-state index is 0.0666. The molecule has 0 spiro atoms. The number of amides is 1. The molecule has 2 aromatic rings. The van der Waals surface area contributed by atoms with Crippen molar-refractivity contribution in [2.45, 2.75) is 64.8 Å². The van der Waals surface area contributed by atoms with Crippen molar-refractivity contribution in [2.75, 3.05) is 77.4 Å². The average molecular weight is 553 g/mol. The zero-order chi connectivity index (χ0) is 28.1. The van der Waals surface area contributed by atoms with Crippen LogP contribution < -0.4 is 10.2 Å². The summed E-state index contributed by atoms with van der Waals surface area (Å²) in [7, 11) is 4.06. The zero-order valence-electron chi connectivity index (χ0n) is 25.4. The summed E-state index contributed by atoms with van der Waals surface area (Å²) < 4.78 is 1.76. The van der Waals surface area contributed by atoms with Gasteiger partial charge in [-0.2, -0.15) is 5.10 Å². The highest BCUT2D eigenvalue weighted by Crippen LogP contribution is 2.46. The minimum Gasteiger partial charge on any atom is -0.356 e. The summed E-state index contributed by atoms with van der Waals surface area (Å²) >= 11 is 0. The van der Waals surface area contributed by atoms with Gasteiger partial charge in [0.15, 0.2) is 11.3 Å². The van der Waals surface area contributed by atoms with Crippen LogP contribution in [0.5, 0.6) is 0 Å². The van der Waals surface area contributed by atoms with E-state index in [1.807, 2.05) is 27.0 Å². The maximum absolute atomic E-state index is 13.1. The second kappa shape index (κ2) is 13.6. The third-order valence-electron chi connectivity index (χ3n) is 9.37. The summed E-state index contributed by atoms with van der Waals surface area (Å²) in [6.07, 6.45) is 8.93. The molecule has 4 aliphatic heterocycles. The Labute approximate surface area is 241 Å². The summed E-state index contributed by atoms with van der Waals surface area (Å²) in [6.45, 7) is 15.9. The molecule has 5 fully saturated rings. The molecule has 2 unspecified atom stereocenters. The quantitative estimate of drug-likeness (QED) is 0.589. The van der Waals surface area contributed by atoms with E-state index in [9.17, 15) is 4.79 Å². The molecule has 222 valence electrons. The van der Waals surface area contributed by atoms with Gasteiger partial charge in [0.1, 0.15) is 5.82 Å². The van der Waals surface area contributed by atoms with Crippen LogP contribution in [0.3, 0.4) is 0 Å². The van der Waals surface area contributed by atoms with Crippen LogP contribution in [-0.4, -0.2) is 114 Å². The van der Waals surface area contributed by atoms with E-state index in [-0.39, 0.29) is 11.9 Å². The van der Waals surface area contributed by atoms with Crippen LogP contribution in [0.15, 0.2) is 12.1 Å². The lowest BCUT2D eigenvalue weighted by Crippen LogP contribution is -2.46. The molecule has 2 aromatic heterocycles. The van der Waals surface area contributed by atoms with Gasteiger partial charge in [-0.3, -0.25) is 4.79 Å². The van der Waals surface area contributed by atoms with Crippen molar-refractivity contribution >= 4 is 22.8 Å². The molecule has 2 atom stereocenters. The van der Waals surface area contributed by atoms with Gasteiger partial charge in [0.05, 0.1) is 5.39 Å². The molecule has 1 N–H and O–H groups in total. The summed E-state index contributed by atoms with van der Waals surface area (Å²) in [5.41, 5.74) is 1.30. The number of piperidine rings is 2. The average Bonchev–Trinajstić information content (AvgIpc) is 3.52. The first-order chi connectivity index (χ1) is 19.5. The van der Waals surface area contributed by atoms with Gasteiger partial charge in [-0.05, 0) is 102 Å². The SMILES string of the molecule is CC.CN1CCCC1.Cn1nc(C(=O)NC2CCN(CCN3CCCC3)CC2)c2ccc(N3CC4CC4C3)nc21. The van der Waals surface area contributed by atoms with Gasteiger partial charge in [0.25, 0.3) is 5.91 Å². The topological polar surface area (TPSA) is 72.8 Å². The molecule has 0 bridgehead atoms. The number of rotatable bonds is 6. The normalized spacial score (nSPS) is 25.4. The number of hydrogen-bond acceptors (Lipinski definition) is 7. The second-order valence-corrected chi connectivity index (χ2v) is 12.3. The highest BCUT2D eigenvalue weighted by atomic mass is 16.2. The molecule has 0 radical (unpaired) electrons. The van der Waals surface area contributed by atoms with Crippen LogP contribution in [0.4, 0.5) is 5.82 Å². The molecule has 9 heteroatoms. The highest BCUT2D eigenvalue weighted by Gasteiger charge is 2.45. The molecular formula is C31H52N8O. The molecule has 1 amide bonds. The second-order valence-electron chi connectivity index (χ2n) is 12.3. The van der Waals surface area contributed by atoms with Crippen LogP contribution in [-0.2, 0) is 7.05 Å². The maximum atomic E-state index is 13.1. The lowest BCUT2D eigenvalue weighted by atomic mass is 10.0. The highest BCUT2D eigenvalue weighted by molar-refractivity contribution is 6.04. The summed E-state index contributed by atoms with van der Waals surface area (Å²) in [5, 5.41) is 8.64. The number of likely N-dealkylation sites (tertiary alicyclic amines) is 3. The van der Waals surface area contributed by atoms with Gasteiger partial charge in [0.2, 0.25) is 0 Å². The summed E-state index contributed by atoms with van der Waals surface area (Å²) in [6, 6.07) is 4.32. The van der Waals surface area contributed by atoms with E-state index in [4.69, 9.17) is 4.98 Å². The van der Waals surface area contributed by atoms with Crippen LogP contribution >= 0.6 is 0 Å². The van der Waals surface area contributed by atoms with Crippen LogP contribution in [0.25, 0.3) is 11.0 Å². The fourth-order valence-corrected chi connectivity index (χ4v) is 6.77.